The lowest BCUT2D eigenvalue weighted by molar-refractivity contribution is 0.169. The van der Waals surface area contributed by atoms with Crippen molar-refractivity contribution in [2.24, 2.45) is 4.99 Å². The van der Waals surface area contributed by atoms with Crippen molar-refractivity contribution in [3.05, 3.63) is 47.9 Å². The van der Waals surface area contributed by atoms with Crippen LogP contribution in [0.25, 0.3) is 0 Å². The number of rotatable bonds is 6. The smallest absolute Gasteiger partial charge is 0.321 e. The Balaban J connectivity index is 1.32. The largest absolute Gasteiger partial charge is 0.364 e. The zero-order valence-electron chi connectivity index (χ0n) is 18.8. The molecule has 1 aromatic carbocycles. The van der Waals surface area contributed by atoms with Crippen molar-refractivity contribution >= 4 is 17.7 Å². The fourth-order valence-corrected chi connectivity index (χ4v) is 4.13. The van der Waals surface area contributed by atoms with Gasteiger partial charge in [0.15, 0.2) is 5.96 Å². The van der Waals surface area contributed by atoms with Crippen molar-refractivity contribution in [3.63, 3.8) is 0 Å². The quantitative estimate of drug-likeness (QED) is 0.531. The van der Waals surface area contributed by atoms with Crippen molar-refractivity contribution in [3.8, 4) is 0 Å². The predicted octanol–water partition coefficient (Wildman–Crippen LogP) is 2.59. The Kier molecular flexibility index (Phi) is 7.60. The number of hydrogen-bond donors (Lipinski definition) is 2. The highest BCUT2D eigenvalue weighted by Crippen LogP contribution is 2.15. The van der Waals surface area contributed by atoms with E-state index in [-0.39, 0.29) is 6.03 Å². The van der Waals surface area contributed by atoms with Gasteiger partial charge < -0.3 is 25.0 Å². The molecule has 0 bridgehead atoms. The van der Waals surface area contributed by atoms with Crippen LogP contribution in [0.1, 0.15) is 31.0 Å². The summed E-state index contributed by atoms with van der Waals surface area (Å²) in [5.41, 5.74) is 2.86. The van der Waals surface area contributed by atoms with Crippen LogP contribution in [0.4, 0.5) is 10.5 Å². The maximum Gasteiger partial charge on any atom is 0.321 e. The highest BCUT2D eigenvalue weighted by Gasteiger charge is 2.20. The van der Waals surface area contributed by atoms with E-state index < -0.39 is 0 Å². The summed E-state index contributed by atoms with van der Waals surface area (Å²) >= 11 is 0. The van der Waals surface area contributed by atoms with Crippen LogP contribution >= 0.6 is 0 Å². The number of guanidine groups is 1. The lowest BCUT2D eigenvalue weighted by atomic mass is 10.2. The van der Waals surface area contributed by atoms with Gasteiger partial charge in [0.05, 0.1) is 12.2 Å². The molecule has 0 unspecified atom stereocenters. The number of benzene rings is 1. The van der Waals surface area contributed by atoms with E-state index >= 15 is 0 Å². The third-order valence-electron chi connectivity index (χ3n) is 5.87. The number of carbonyl (C=O) groups is 1. The van der Waals surface area contributed by atoms with E-state index in [1.54, 1.807) is 6.26 Å². The first kappa shape index (κ1) is 22.1. The molecule has 0 aliphatic carbocycles. The summed E-state index contributed by atoms with van der Waals surface area (Å²) in [5.74, 6) is 0.931. The van der Waals surface area contributed by atoms with Crippen LogP contribution < -0.4 is 10.6 Å². The SMILES string of the molecule is CCNC(=NCc1cccc(NC(=O)N2CCCC2)c1)N1CCN(Cc2ccon2)CC1. The molecule has 2 amide bonds. The fraction of sp³-hybridized carbons (Fsp3) is 0.522. The standard InChI is InChI=1S/C23H33N7O2/c1-2-24-22(29-13-11-28(12-14-29)18-21-8-15-32-27-21)25-17-19-6-5-7-20(16-19)26-23(31)30-9-3-4-10-30/h5-8,15-16H,2-4,9-14,17-18H2,1H3,(H,24,25)(H,26,31). The number of carbonyl (C=O) groups excluding carboxylic acids is 1. The molecule has 2 aliphatic heterocycles. The summed E-state index contributed by atoms with van der Waals surface area (Å²) in [6.45, 7) is 9.70. The van der Waals surface area contributed by atoms with Gasteiger partial charge in [0.25, 0.3) is 0 Å². The van der Waals surface area contributed by atoms with Crippen LogP contribution in [0.5, 0.6) is 0 Å². The molecule has 0 spiro atoms. The number of anilines is 1. The van der Waals surface area contributed by atoms with Gasteiger partial charge in [-0.2, -0.15) is 0 Å². The van der Waals surface area contributed by atoms with Crippen molar-refractivity contribution < 1.29 is 9.32 Å². The number of amides is 2. The molecule has 2 aromatic rings. The second-order valence-electron chi connectivity index (χ2n) is 8.25. The minimum Gasteiger partial charge on any atom is -0.364 e. The third-order valence-corrected chi connectivity index (χ3v) is 5.87. The number of aliphatic imine (C=N–C) groups is 1. The van der Waals surface area contributed by atoms with Crippen molar-refractivity contribution in [1.29, 1.82) is 0 Å². The predicted molar refractivity (Wildman–Crippen MR) is 124 cm³/mol. The van der Waals surface area contributed by atoms with Crippen LogP contribution in [0.3, 0.4) is 0 Å². The van der Waals surface area contributed by atoms with Crippen LogP contribution in [0.2, 0.25) is 0 Å². The maximum atomic E-state index is 12.4. The maximum absolute atomic E-state index is 12.4. The Morgan fingerprint density at radius 2 is 1.91 bits per heavy atom. The molecule has 2 fully saturated rings. The fourth-order valence-electron chi connectivity index (χ4n) is 4.13. The van der Waals surface area contributed by atoms with Gasteiger partial charge in [0, 0.05) is 64.1 Å². The van der Waals surface area contributed by atoms with E-state index in [0.29, 0.717) is 6.54 Å². The third kappa shape index (κ3) is 6.00. The highest BCUT2D eigenvalue weighted by molar-refractivity contribution is 5.89. The highest BCUT2D eigenvalue weighted by atomic mass is 16.5. The normalized spacial score (nSPS) is 17.6. The number of piperazine rings is 1. The lowest BCUT2D eigenvalue weighted by Gasteiger charge is -2.36. The Hall–Kier alpha value is -3.07. The number of hydrogen-bond acceptors (Lipinski definition) is 5. The number of nitrogens with one attached hydrogen (secondary N) is 2. The van der Waals surface area contributed by atoms with Crippen LogP contribution in [-0.4, -0.2) is 77.7 Å². The molecule has 1 aromatic heterocycles. The molecule has 9 heteroatoms. The van der Waals surface area contributed by atoms with Crippen LogP contribution in [-0.2, 0) is 13.1 Å². The van der Waals surface area contributed by atoms with E-state index in [1.165, 1.54) is 0 Å². The zero-order valence-corrected chi connectivity index (χ0v) is 18.8. The average Bonchev–Trinajstić information content (AvgIpc) is 3.52. The molecule has 2 aliphatic rings. The molecular formula is C23H33N7O2. The Bertz CT molecular complexity index is 886. The van der Waals surface area contributed by atoms with Crippen molar-refractivity contribution in [1.82, 2.24) is 25.2 Å². The molecule has 0 atom stereocenters. The van der Waals surface area contributed by atoms with E-state index in [9.17, 15) is 4.79 Å². The van der Waals surface area contributed by atoms with E-state index in [2.05, 4.69) is 38.6 Å². The molecule has 0 saturated carbocycles. The summed E-state index contributed by atoms with van der Waals surface area (Å²) in [6.07, 6.45) is 3.79. The summed E-state index contributed by atoms with van der Waals surface area (Å²) in [6, 6.07) is 9.87. The molecule has 0 radical (unpaired) electrons. The summed E-state index contributed by atoms with van der Waals surface area (Å²) in [4.78, 5) is 23.8. The molecular weight excluding hydrogens is 406 g/mol. The number of likely N-dealkylation sites (tertiary alicyclic amines) is 1. The molecule has 9 nitrogen and oxygen atoms in total. The van der Waals surface area contributed by atoms with Crippen LogP contribution in [0.15, 0.2) is 46.1 Å². The average molecular weight is 440 g/mol. The van der Waals surface area contributed by atoms with Crippen molar-refractivity contribution in [2.45, 2.75) is 32.9 Å². The van der Waals surface area contributed by atoms with E-state index in [1.807, 2.05) is 29.2 Å². The first-order valence-corrected chi connectivity index (χ1v) is 11.5. The van der Waals surface area contributed by atoms with Gasteiger partial charge in [-0.3, -0.25) is 4.90 Å². The Labute approximate surface area is 189 Å². The minimum absolute atomic E-state index is 0.0139. The van der Waals surface area contributed by atoms with Gasteiger partial charge in [-0.05, 0) is 37.5 Å². The van der Waals surface area contributed by atoms with Crippen LogP contribution in [0, 0.1) is 0 Å². The summed E-state index contributed by atoms with van der Waals surface area (Å²) < 4.78 is 4.93. The van der Waals surface area contributed by atoms with E-state index in [4.69, 9.17) is 9.52 Å². The Morgan fingerprint density at radius 1 is 1.09 bits per heavy atom. The second-order valence-corrected chi connectivity index (χ2v) is 8.25. The zero-order chi connectivity index (χ0) is 22.2. The molecule has 2 N–H and O–H groups in total. The van der Waals surface area contributed by atoms with Gasteiger partial charge in [0.1, 0.15) is 6.26 Å². The molecule has 3 heterocycles. The van der Waals surface area contributed by atoms with Gasteiger partial charge in [-0.15, -0.1) is 0 Å². The lowest BCUT2D eigenvalue weighted by Crippen LogP contribution is -2.52. The second kappa shape index (κ2) is 11.0. The number of urea groups is 1. The minimum atomic E-state index is -0.0139. The Morgan fingerprint density at radius 3 is 2.62 bits per heavy atom. The van der Waals surface area contributed by atoms with Gasteiger partial charge in [-0.25, -0.2) is 9.79 Å². The molecule has 4 rings (SSSR count). The summed E-state index contributed by atoms with van der Waals surface area (Å²) in [5, 5.41) is 10.4. The molecule has 172 valence electrons. The van der Waals surface area contributed by atoms with E-state index in [0.717, 1.165) is 88.1 Å². The van der Waals surface area contributed by atoms with Gasteiger partial charge in [0.2, 0.25) is 0 Å². The van der Waals surface area contributed by atoms with Crippen molar-refractivity contribution in [2.75, 3.05) is 51.1 Å². The number of nitrogens with zero attached hydrogens (tertiary/aromatic N) is 5. The van der Waals surface area contributed by atoms with Gasteiger partial charge in [-0.1, -0.05) is 17.3 Å². The first-order valence-electron chi connectivity index (χ1n) is 11.5. The monoisotopic (exact) mass is 439 g/mol. The first-order chi connectivity index (χ1) is 15.7. The number of aromatic nitrogens is 1. The molecule has 2 saturated heterocycles. The topological polar surface area (TPSA) is 89.2 Å². The summed E-state index contributed by atoms with van der Waals surface area (Å²) in [7, 11) is 0. The van der Waals surface area contributed by atoms with Gasteiger partial charge >= 0.3 is 6.03 Å². The molecule has 32 heavy (non-hydrogen) atoms.